The Bertz CT molecular complexity index is 549. The predicted molar refractivity (Wildman–Crippen MR) is 61.6 cm³/mol. The molecule has 2 aromatic heterocycles. The third kappa shape index (κ3) is 2.50. The summed E-state index contributed by atoms with van der Waals surface area (Å²) in [6.45, 7) is 0. The maximum Gasteiger partial charge on any atom is 0.337 e. The van der Waals surface area contributed by atoms with Crippen LogP contribution < -0.4 is 0 Å². The van der Waals surface area contributed by atoms with Gasteiger partial charge >= 0.3 is 5.97 Å². The topological polar surface area (TPSA) is 104 Å². The summed E-state index contributed by atoms with van der Waals surface area (Å²) in [5.41, 5.74) is 1.41. The third-order valence-electron chi connectivity index (χ3n) is 2.36. The molecule has 0 atom stereocenters. The number of hydrogen-bond acceptors (Lipinski definition) is 5. The Kier molecular flexibility index (Phi) is 3.31. The molecule has 0 radical (unpaired) electrons. The Morgan fingerprint density at radius 1 is 1.00 bits per heavy atom. The number of carbonyl (C=O) groups is 1. The Morgan fingerprint density at radius 2 is 1.61 bits per heavy atom. The van der Waals surface area contributed by atoms with Crippen LogP contribution in [0.2, 0.25) is 0 Å². The molecule has 2 rings (SSSR count). The lowest BCUT2D eigenvalue weighted by Gasteiger charge is -2.04. The van der Waals surface area contributed by atoms with Gasteiger partial charge < -0.3 is 15.3 Å². The van der Waals surface area contributed by atoms with Gasteiger partial charge in [-0.15, -0.1) is 0 Å². The molecule has 6 heteroatoms. The SMILES string of the molecule is O=C(O)c1ccc(-c2ccc(C(O)O)cn2)nc1. The second kappa shape index (κ2) is 4.91. The molecule has 0 aliphatic heterocycles. The lowest BCUT2D eigenvalue weighted by Crippen LogP contribution is -1.99. The summed E-state index contributed by atoms with van der Waals surface area (Å²) < 4.78 is 0. The molecule has 0 bridgehead atoms. The number of carboxylic acids is 1. The molecular formula is C12H10N2O4. The first kappa shape index (κ1) is 12.2. The van der Waals surface area contributed by atoms with E-state index >= 15 is 0 Å². The molecule has 0 aromatic carbocycles. The normalized spacial score (nSPS) is 10.6. The minimum Gasteiger partial charge on any atom is -0.478 e. The number of aliphatic hydroxyl groups excluding tert-OH is 1. The standard InChI is InChI=1S/C12H10N2O4/c15-11(16)7-1-3-9(13-5-7)10-4-2-8(6-14-10)12(17)18/h1-6,11,15-16H,(H,17,18). The Balaban J connectivity index is 2.28. The van der Waals surface area contributed by atoms with Gasteiger partial charge in [-0.05, 0) is 18.2 Å². The van der Waals surface area contributed by atoms with E-state index in [-0.39, 0.29) is 11.1 Å². The van der Waals surface area contributed by atoms with Crippen LogP contribution in [-0.2, 0) is 0 Å². The van der Waals surface area contributed by atoms with Crippen molar-refractivity contribution < 1.29 is 20.1 Å². The number of rotatable bonds is 3. The number of aromatic carboxylic acids is 1. The van der Waals surface area contributed by atoms with Crippen molar-refractivity contribution in [2.45, 2.75) is 6.29 Å². The minimum atomic E-state index is -1.56. The van der Waals surface area contributed by atoms with Gasteiger partial charge in [0.2, 0.25) is 0 Å². The zero-order chi connectivity index (χ0) is 13.1. The number of pyridine rings is 2. The first-order valence-electron chi connectivity index (χ1n) is 5.10. The lowest BCUT2D eigenvalue weighted by atomic mass is 10.2. The van der Waals surface area contributed by atoms with Crippen LogP contribution in [0.5, 0.6) is 0 Å². The molecule has 2 aromatic rings. The molecule has 18 heavy (non-hydrogen) atoms. The second-order valence-electron chi connectivity index (χ2n) is 3.59. The number of aliphatic hydroxyl groups is 2. The van der Waals surface area contributed by atoms with Crippen molar-refractivity contribution in [3.05, 3.63) is 47.8 Å². The average Bonchev–Trinajstić information content (AvgIpc) is 2.39. The molecule has 3 N–H and O–H groups in total. The van der Waals surface area contributed by atoms with Crippen molar-refractivity contribution in [3.8, 4) is 11.4 Å². The van der Waals surface area contributed by atoms with E-state index in [9.17, 15) is 4.79 Å². The highest BCUT2D eigenvalue weighted by molar-refractivity contribution is 5.87. The van der Waals surface area contributed by atoms with Crippen molar-refractivity contribution in [2.24, 2.45) is 0 Å². The fourth-order valence-corrected chi connectivity index (χ4v) is 1.38. The van der Waals surface area contributed by atoms with Crippen molar-refractivity contribution in [1.29, 1.82) is 0 Å². The molecule has 6 nitrogen and oxygen atoms in total. The van der Waals surface area contributed by atoms with Crippen LogP contribution in [0.3, 0.4) is 0 Å². The highest BCUT2D eigenvalue weighted by Crippen LogP contribution is 2.16. The maximum absolute atomic E-state index is 10.7. The van der Waals surface area contributed by atoms with Crippen LogP contribution in [0.15, 0.2) is 36.7 Å². The number of nitrogens with zero attached hydrogens (tertiary/aromatic N) is 2. The summed E-state index contributed by atoms with van der Waals surface area (Å²) in [4.78, 5) is 18.6. The van der Waals surface area contributed by atoms with Crippen molar-refractivity contribution in [1.82, 2.24) is 9.97 Å². The van der Waals surface area contributed by atoms with Gasteiger partial charge in [0.25, 0.3) is 0 Å². The summed E-state index contributed by atoms with van der Waals surface area (Å²) in [5.74, 6) is -1.04. The van der Waals surface area contributed by atoms with Crippen LogP contribution in [-0.4, -0.2) is 31.3 Å². The van der Waals surface area contributed by atoms with Crippen molar-refractivity contribution in [3.63, 3.8) is 0 Å². The summed E-state index contributed by atoms with van der Waals surface area (Å²) in [7, 11) is 0. The zero-order valence-electron chi connectivity index (χ0n) is 9.19. The quantitative estimate of drug-likeness (QED) is 0.693. The van der Waals surface area contributed by atoms with Gasteiger partial charge in [-0.2, -0.15) is 0 Å². The van der Waals surface area contributed by atoms with E-state index in [2.05, 4.69) is 9.97 Å². The third-order valence-corrected chi connectivity index (χ3v) is 2.36. The molecular weight excluding hydrogens is 236 g/mol. The second-order valence-corrected chi connectivity index (χ2v) is 3.59. The van der Waals surface area contributed by atoms with Gasteiger partial charge in [-0.1, -0.05) is 6.07 Å². The van der Waals surface area contributed by atoms with E-state index in [1.165, 1.54) is 24.5 Å². The van der Waals surface area contributed by atoms with Crippen molar-refractivity contribution in [2.75, 3.05) is 0 Å². The Labute approximate surface area is 102 Å². The molecule has 0 saturated heterocycles. The zero-order valence-corrected chi connectivity index (χ0v) is 9.19. The van der Waals surface area contributed by atoms with Crippen LogP contribution in [0.25, 0.3) is 11.4 Å². The molecule has 0 aliphatic carbocycles. The van der Waals surface area contributed by atoms with E-state index in [0.717, 1.165) is 0 Å². The van der Waals surface area contributed by atoms with Crippen LogP contribution >= 0.6 is 0 Å². The average molecular weight is 246 g/mol. The van der Waals surface area contributed by atoms with E-state index in [0.29, 0.717) is 11.4 Å². The summed E-state index contributed by atoms with van der Waals surface area (Å²) in [5, 5.41) is 26.6. The van der Waals surface area contributed by atoms with E-state index in [1.807, 2.05) is 0 Å². The molecule has 0 saturated carbocycles. The fraction of sp³-hybridized carbons (Fsp3) is 0.0833. The molecule has 0 aliphatic rings. The van der Waals surface area contributed by atoms with Crippen molar-refractivity contribution >= 4 is 5.97 Å². The van der Waals surface area contributed by atoms with Gasteiger partial charge in [0.05, 0.1) is 17.0 Å². The summed E-state index contributed by atoms with van der Waals surface area (Å²) in [6.07, 6.45) is 1.01. The summed E-state index contributed by atoms with van der Waals surface area (Å²) in [6, 6.07) is 6.07. The highest BCUT2D eigenvalue weighted by atomic mass is 16.5. The fourth-order valence-electron chi connectivity index (χ4n) is 1.38. The van der Waals surface area contributed by atoms with Gasteiger partial charge in [0.1, 0.15) is 0 Å². The molecule has 0 unspecified atom stereocenters. The van der Waals surface area contributed by atoms with Gasteiger partial charge in [-0.3, -0.25) is 9.97 Å². The van der Waals surface area contributed by atoms with E-state index in [1.54, 1.807) is 12.1 Å². The van der Waals surface area contributed by atoms with Crippen LogP contribution in [0, 0.1) is 0 Å². The van der Waals surface area contributed by atoms with Crippen LogP contribution in [0.4, 0.5) is 0 Å². The summed E-state index contributed by atoms with van der Waals surface area (Å²) >= 11 is 0. The van der Waals surface area contributed by atoms with E-state index < -0.39 is 12.3 Å². The number of aromatic nitrogens is 2. The lowest BCUT2D eigenvalue weighted by molar-refractivity contribution is -0.0427. The van der Waals surface area contributed by atoms with Gasteiger partial charge in [0, 0.05) is 18.0 Å². The van der Waals surface area contributed by atoms with E-state index in [4.69, 9.17) is 15.3 Å². The maximum atomic E-state index is 10.7. The van der Waals surface area contributed by atoms with Gasteiger partial charge in [0.15, 0.2) is 6.29 Å². The Morgan fingerprint density at radius 3 is 2.00 bits per heavy atom. The monoisotopic (exact) mass is 246 g/mol. The van der Waals surface area contributed by atoms with Crippen LogP contribution in [0.1, 0.15) is 22.2 Å². The molecule has 92 valence electrons. The first-order chi connectivity index (χ1) is 8.58. The predicted octanol–water partition coefficient (Wildman–Crippen LogP) is 0.825. The minimum absolute atomic E-state index is 0.0983. The smallest absolute Gasteiger partial charge is 0.337 e. The number of carboxylic acid groups (broad SMARTS) is 1. The molecule has 0 spiro atoms. The van der Waals surface area contributed by atoms with Gasteiger partial charge in [-0.25, -0.2) is 4.79 Å². The highest BCUT2D eigenvalue weighted by Gasteiger charge is 2.07. The number of hydrogen-bond donors (Lipinski definition) is 3. The Hall–Kier alpha value is -2.31. The largest absolute Gasteiger partial charge is 0.478 e. The molecule has 0 amide bonds. The molecule has 0 fully saturated rings. The first-order valence-corrected chi connectivity index (χ1v) is 5.10. The molecule has 2 heterocycles.